The van der Waals surface area contributed by atoms with Crippen molar-refractivity contribution in [3.63, 3.8) is 0 Å². The van der Waals surface area contributed by atoms with Crippen LogP contribution in [0.3, 0.4) is 0 Å². The van der Waals surface area contributed by atoms with Crippen molar-refractivity contribution in [1.29, 1.82) is 10.5 Å². The molecule has 1 aliphatic heterocycles. The third-order valence-corrected chi connectivity index (χ3v) is 6.36. The molecule has 2 aromatic carbocycles. The van der Waals surface area contributed by atoms with Crippen molar-refractivity contribution in [2.24, 2.45) is 5.73 Å². The van der Waals surface area contributed by atoms with Crippen molar-refractivity contribution >= 4 is 28.8 Å². The molecule has 0 bridgehead atoms. The first kappa shape index (κ1) is 21.0. The van der Waals surface area contributed by atoms with Crippen molar-refractivity contribution in [3.8, 4) is 23.6 Å². The number of nitrogens with two attached hydrogens (primary N) is 1. The zero-order valence-corrected chi connectivity index (χ0v) is 18.1. The molecule has 0 saturated carbocycles. The van der Waals surface area contributed by atoms with E-state index in [2.05, 4.69) is 12.1 Å². The van der Waals surface area contributed by atoms with Gasteiger partial charge >= 0.3 is 0 Å². The number of fused-ring (bicyclic) bond motifs is 1. The van der Waals surface area contributed by atoms with E-state index in [1.807, 2.05) is 12.1 Å². The van der Waals surface area contributed by atoms with Crippen LogP contribution in [0.2, 0.25) is 0 Å². The van der Waals surface area contributed by atoms with Gasteiger partial charge in [-0.2, -0.15) is 10.5 Å². The Labute approximate surface area is 187 Å². The van der Waals surface area contributed by atoms with Gasteiger partial charge in [0.25, 0.3) is 5.56 Å². The minimum atomic E-state index is -0.664. The summed E-state index contributed by atoms with van der Waals surface area (Å²) < 4.78 is 12.5. The van der Waals surface area contributed by atoms with E-state index < -0.39 is 5.92 Å². The van der Waals surface area contributed by atoms with E-state index in [4.69, 9.17) is 15.2 Å². The summed E-state index contributed by atoms with van der Waals surface area (Å²) in [5, 5.41) is 19.8. The summed E-state index contributed by atoms with van der Waals surface area (Å²) in [4.78, 5) is 13.2. The second-order valence-electron chi connectivity index (χ2n) is 6.97. The van der Waals surface area contributed by atoms with Crippen LogP contribution in [0.5, 0.6) is 11.5 Å². The number of hydrogen-bond acceptors (Lipinski definition) is 7. The smallest absolute Gasteiger partial charge is 0.274 e. The van der Waals surface area contributed by atoms with Gasteiger partial charge in [0.05, 0.1) is 48.0 Å². The van der Waals surface area contributed by atoms with E-state index in [1.165, 1.54) is 15.9 Å². The molecule has 7 nitrogen and oxygen atoms in total. The lowest BCUT2D eigenvalue weighted by Crippen LogP contribution is -2.38. The van der Waals surface area contributed by atoms with Gasteiger partial charge in [0, 0.05) is 0 Å². The first-order valence-electron chi connectivity index (χ1n) is 9.58. The number of methoxy groups -OCH3 is 2. The normalized spacial score (nSPS) is 15.7. The number of aromatic nitrogens is 1. The second kappa shape index (κ2) is 8.46. The summed E-state index contributed by atoms with van der Waals surface area (Å²) in [6.07, 6.45) is 1.73. The van der Waals surface area contributed by atoms with Crippen molar-refractivity contribution in [3.05, 3.63) is 84.8 Å². The first-order chi connectivity index (χ1) is 15.5. The summed E-state index contributed by atoms with van der Waals surface area (Å²) >= 11 is 1.18. The first-order valence-corrected chi connectivity index (χ1v) is 10.4. The monoisotopic (exact) mass is 442 g/mol. The third kappa shape index (κ3) is 3.43. The highest BCUT2D eigenvalue weighted by Gasteiger charge is 2.32. The molecule has 8 heteroatoms. The zero-order valence-electron chi connectivity index (χ0n) is 17.3. The number of allylic oxidation sites excluding steroid dienone is 1. The Morgan fingerprint density at radius 1 is 0.969 bits per heavy atom. The fraction of sp³-hybridized carbons (Fsp3) is 0.125. The number of ether oxygens (including phenoxy) is 2. The minimum Gasteiger partial charge on any atom is -0.497 e. The van der Waals surface area contributed by atoms with Crippen LogP contribution in [0.25, 0.3) is 17.5 Å². The van der Waals surface area contributed by atoms with E-state index in [9.17, 15) is 15.3 Å². The molecule has 1 aromatic heterocycles. The van der Waals surface area contributed by atoms with E-state index >= 15 is 0 Å². The average molecular weight is 443 g/mol. The van der Waals surface area contributed by atoms with Gasteiger partial charge in [-0.05, 0) is 41.5 Å². The van der Waals surface area contributed by atoms with Gasteiger partial charge < -0.3 is 15.2 Å². The topological polar surface area (TPSA) is 114 Å². The molecular formula is C24H18N4O3S. The largest absolute Gasteiger partial charge is 0.497 e. The molecule has 0 saturated heterocycles. The van der Waals surface area contributed by atoms with Crippen molar-refractivity contribution in [1.82, 2.24) is 4.57 Å². The van der Waals surface area contributed by atoms with Crippen LogP contribution in [0, 0.1) is 22.7 Å². The van der Waals surface area contributed by atoms with Crippen LogP contribution < -0.4 is 30.0 Å². The lowest BCUT2D eigenvalue weighted by atomic mass is 9.84. The fourth-order valence-corrected chi connectivity index (χ4v) is 4.76. The molecule has 0 unspecified atom stereocenters. The van der Waals surface area contributed by atoms with Gasteiger partial charge in [-0.1, -0.05) is 24.3 Å². The van der Waals surface area contributed by atoms with Gasteiger partial charge in [-0.15, -0.1) is 11.3 Å². The molecule has 0 spiro atoms. The molecule has 2 heterocycles. The van der Waals surface area contributed by atoms with Gasteiger partial charge in [-0.25, -0.2) is 0 Å². The van der Waals surface area contributed by atoms with Crippen LogP contribution in [0.15, 0.2) is 58.9 Å². The maximum atomic E-state index is 13.2. The average Bonchev–Trinajstić information content (AvgIpc) is 3.15. The molecule has 0 aliphatic carbocycles. The molecule has 1 atom stereocenters. The van der Waals surface area contributed by atoms with E-state index in [0.717, 1.165) is 11.1 Å². The van der Waals surface area contributed by atoms with E-state index in [1.54, 1.807) is 56.7 Å². The SMILES string of the molecule is COc1ccc(/C=c2/sc3n(c2=O)C(N)=C(C#N)[C@H](c2ccc(OC)cc2)C=3C#N)cc1. The van der Waals surface area contributed by atoms with Crippen molar-refractivity contribution < 1.29 is 9.47 Å². The lowest BCUT2D eigenvalue weighted by Gasteiger charge is -2.22. The predicted octanol–water partition coefficient (Wildman–Crippen LogP) is 1.88. The summed E-state index contributed by atoms with van der Waals surface area (Å²) in [6.45, 7) is 0. The predicted molar refractivity (Wildman–Crippen MR) is 122 cm³/mol. The van der Waals surface area contributed by atoms with Crippen molar-refractivity contribution in [2.45, 2.75) is 5.92 Å². The van der Waals surface area contributed by atoms with Crippen LogP contribution in [-0.2, 0) is 0 Å². The van der Waals surface area contributed by atoms with Crippen LogP contribution in [-0.4, -0.2) is 18.8 Å². The molecule has 32 heavy (non-hydrogen) atoms. The highest BCUT2D eigenvalue weighted by Crippen LogP contribution is 2.36. The van der Waals surface area contributed by atoms with Gasteiger partial charge in [0.2, 0.25) is 0 Å². The summed E-state index contributed by atoms with van der Waals surface area (Å²) in [5.74, 6) is 0.737. The van der Waals surface area contributed by atoms with Crippen LogP contribution in [0.4, 0.5) is 0 Å². The minimum absolute atomic E-state index is 0.0398. The van der Waals surface area contributed by atoms with Gasteiger partial charge in [0.1, 0.15) is 22.0 Å². The molecule has 4 rings (SSSR count). The molecule has 1 aliphatic rings. The zero-order chi connectivity index (χ0) is 22.8. The van der Waals surface area contributed by atoms with Gasteiger partial charge in [-0.3, -0.25) is 9.36 Å². The number of thiazole rings is 1. The number of nitrogens with zero attached hydrogens (tertiary/aromatic N) is 3. The molecule has 158 valence electrons. The molecule has 0 fully saturated rings. The van der Waals surface area contributed by atoms with Crippen LogP contribution >= 0.6 is 11.3 Å². The molecule has 2 N–H and O–H groups in total. The number of rotatable bonds is 4. The molecule has 3 aromatic rings. The van der Waals surface area contributed by atoms with Crippen LogP contribution in [0.1, 0.15) is 17.0 Å². The Balaban J connectivity index is 1.97. The quantitative estimate of drug-likeness (QED) is 0.660. The summed E-state index contributed by atoms with van der Waals surface area (Å²) in [7, 11) is 3.14. The maximum Gasteiger partial charge on any atom is 0.274 e. The Morgan fingerprint density at radius 2 is 1.53 bits per heavy atom. The molecular weight excluding hydrogens is 424 g/mol. The summed E-state index contributed by atoms with van der Waals surface area (Å²) in [5.41, 5.74) is 7.91. The number of hydrogen-bond donors (Lipinski definition) is 1. The second-order valence-corrected chi connectivity index (χ2v) is 8.00. The number of nitriles is 2. The Hall–Kier alpha value is -4.27. The van der Waals surface area contributed by atoms with Crippen molar-refractivity contribution in [2.75, 3.05) is 14.2 Å². The standard InChI is InChI=1S/C24H18N4O3S/c1-30-16-7-3-14(4-8-16)11-20-23(29)28-22(27)18(12-25)21(19(13-26)24(28)32-20)15-5-9-17(31-2)10-6-15/h3-11,21H,27H2,1-2H3/b20-11+/t21-/m0/s1. The number of benzene rings is 2. The third-order valence-electron chi connectivity index (χ3n) is 5.25. The molecule has 0 radical (unpaired) electrons. The Kier molecular flexibility index (Phi) is 5.55. The molecule has 0 amide bonds. The van der Waals surface area contributed by atoms with E-state index in [0.29, 0.717) is 26.3 Å². The Morgan fingerprint density at radius 3 is 2.06 bits per heavy atom. The van der Waals surface area contributed by atoms with Gasteiger partial charge in [0.15, 0.2) is 0 Å². The lowest BCUT2D eigenvalue weighted by molar-refractivity contribution is 0.414. The highest BCUT2D eigenvalue weighted by atomic mass is 32.1. The highest BCUT2D eigenvalue weighted by molar-refractivity contribution is 7.07. The van der Waals surface area contributed by atoms with E-state index in [-0.39, 0.29) is 17.0 Å². The fourth-order valence-electron chi connectivity index (χ4n) is 3.63. The maximum absolute atomic E-state index is 13.2. The Bertz CT molecular complexity index is 1480. The summed E-state index contributed by atoms with van der Waals surface area (Å²) in [6, 6.07) is 18.7.